The Bertz CT molecular complexity index is 632. The Balaban J connectivity index is 2.16. The van der Waals surface area contributed by atoms with Crippen LogP contribution in [0.15, 0.2) is 36.7 Å². The van der Waals surface area contributed by atoms with Gasteiger partial charge < -0.3 is 10.1 Å². The van der Waals surface area contributed by atoms with Crippen molar-refractivity contribution >= 4 is 34.8 Å². The smallest absolute Gasteiger partial charge is 0.258 e. The van der Waals surface area contributed by atoms with E-state index >= 15 is 0 Å². The Morgan fingerprint density at radius 1 is 1.30 bits per heavy atom. The lowest BCUT2D eigenvalue weighted by atomic mass is 10.2. The van der Waals surface area contributed by atoms with Crippen molar-refractivity contribution in [1.29, 1.82) is 0 Å². The van der Waals surface area contributed by atoms with Gasteiger partial charge in [0, 0.05) is 18.1 Å². The Morgan fingerprint density at radius 3 is 2.75 bits per heavy atom. The fourth-order valence-electron chi connectivity index (χ4n) is 1.59. The van der Waals surface area contributed by atoms with E-state index in [1.165, 1.54) is 12.4 Å². The van der Waals surface area contributed by atoms with Gasteiger partial charge in [0.2, 0.25) is 0 Å². The van der Waals surface area contributed by atoms with Crippen LogP contribution in [0.1, 0.15) is 17.3 Å². The zero-order valence-corrected chi connectivity index (χ0v) is 12.2. The zero-order chi connectivity index (χ0) is 14.5. The molecule has 0 aliphatic heterocycles. The van der Waals surface area contributed by atoms with E-state index in [0.717, 1.165) is 0 Å². The lowest BCUT2D eigenvalue weighted by Gasteiger charge is -2.09. The summed E-state index contributed by atoms with van der Waals surface area (Å²) in [5.41, 5.74) is 0.863. The summed E-state index contributed by atoms with van der Waals surface area (Å²) in [6.07, 6.45) is 2.93. The van der Waals surface area contributed by atoms with Crippen LogP contribution in [0.4, 0.5) is 5.69 Å². The molecule has 6 heteroatoms. The molecule has 1 amide bonds. The standard InChI is InChI=1S/C14H12Cl2N2O2/c1-2-20-13-4-3-9(7-12(13)16)18-14(19)10-8-17-6-5-11(10)15/h3-8H,2H2,1H3,(H,18,19). The fraction of sp³-hybridized carbons (Fsp3) is 0.143. The number of carbonyl (C=O) groups excluding carboxylic acids is 1. The fourth-order valence-corrected chi connectivity index (χ4v) is 2.02. The number of pyridine rings is 1. The van der Waals surface area contributed by atoms with Gasteiger partial charge >= 0.3 is 0 Å². The van der Waals surface area contributed by atoms with Gasteiger partial charge in [-0.3, -0.25) is 9.78 Å². The van der Waals surface area contributed by atoms with E-state index in [1.54, 1.807) is 24.3 Å². The predicted octanol–water partition coefficient (Wildman–Crippen LogP) is 4.04. The minimum atomic E-state index is -0.344. The van der Waals surface area contributed by atoms with Gasteiger partial charge in [0.05, 0.1) is 22.2 Å². The number of anilines is 1. The quantitative estimate of drug-likeness (QED) is 0.927. The van der Waals surface area contributed by atoms with E-state index in [4.69, 9.17) is 27.9 Å². The third-order valence-corrected chi connectivity index (χ3v) is 3.13. The van der Waals surface area contributed by atoms with Gasteiger partial charge in [0.25, 0.3) is 5.91 Å². The van der Waals surface area contributed by atoms with Crippen molar-refractivity contribution in [3.63, 3.8) is 0 Å². The summed E-state index contributed by atoms with van der Waals surface area (Å²) in [6.45, 7) is 2.40. The normalized spacial score (nSPS) is 10.2. The third kappa shape index (κ3) is 3.40. The molecule has 4 nitrogen and oxygen atoms in total. The van der Waals surface area contributed by atoms with Crippen molar-refractivity contribution in [2.24, 2.45) is 0 Å². The second-order valence-electron chi connectivity index (χ2n) is 3.89. The molecule has 1 heterocycles. The highest BCUT2D eigenvalue weighted by Gasteiger charge is 2.11. The highest BCUT2D eigenvalue weighted by atomic mass is 35.5. The highest BCUT2D eigenvalue weighted by molar-refractivity contribution is 6.34. The molecule has 20 heavy (non-hydrogen) atoms. The summed E-state index contributed by atoms with van der Waals surface area (Å²) in [7, 11) is 0. The Kier molecular flexibility index (Phi) is 4.82. The number of hydrogen-bond donors (Lipinski definition) is 1. The molecule has 0 aliphatic rings. The second kappa shape index (κ2) is 6.59. The van der Waals surface area contributed by atoms with Crippen LogP contribution in [0.5, 0.6) is 5.75 Å². The first-order chi connectivity index (χ1) is 9.61. The molecule has 2 rings (SSSR count). The van der Waals surface area contributed by atoms with Gasteiger partial charge in [-0.2, -0.15) is 0 Å². The predicted molar refractivity (Wildman–Crippen MR) is 79.8 cm³/mol. The van der Waals surface area contributed by atoms with Gasteiger partial charge in [-0.1, -0.05) is 23.2 Å². The zero-order valence-electron chi connectivity index (χ0n) is 10.7. The van der Waals surface area contributed by atoms with Crippen LogP contribution >= 0.6 is 23.2 Å². The van der Waals surface area contributed by atoms with Crippen molar-refractivity contribution in [1.82, 2.24) is 4.98 Å². The Labute approximate surface area is 126 Å². The van der Waals surface area contributed by atoms with Gasteiger partial charge in [-0.25, -0.2) is 0 Å². The Morgan fingerprint density at radius 2 is 2.10 bits per heavy atom. The molecule has 2 aromatic rings. The summed E-state index contributed by atoms with van der Waals surface area (Å²) < 4.78 is 5.32. The number of amides is 1. The van der Waals surface area contributed by atoms with Crippen molar-refractivity contribution < 1.29 is 9.53 Å². The van der Waals surface area contributed by atoms with Crippen LogP contribution in [-0.2, 0) is 0 Å². The van der Waals surface area contributed by atoms with Crippen molar-refractivity contribution in [2.75, 3.05) is 11.9 Å². The summed E-state index contributed by atoms with van der Waals surface area (Å²) in [6, 6.07) is 6.59. The SMILES string of the molecule is CCOc1ccc(NC(=O)c2cnccc2Cl)cc1Cl. The van der Waals surface area contributed by atoms with Crippen molar-refractivity contribution in [2.45, 2.75) is 6.92 Å². The average Bonchev–Trinajstić information content (AvgIpc) is 2.42. The van der Waals surface area contributed by atoms with Gasteiger partial charge in [-0.15, -0.1) is 0 Å². The van der Waals surface area contributed by atoms with Crippen LogP contribution in [0.2, 0.25) is 10.0 Å². The summed E-state index contributed by atoms with van der Waals surface area (Å²) in [4.78, 5) is 15.9. The second-order valence-corrected chi connectivity index (χ2v) is 4.70. The van der Waals surface area contributed by atoms with E-state index in [-0.39, 0.29) is 5.91 Å². The molecule has 0 fully saturated rings. The maximum atomic E-state index is 12.0. The molecule has 0 saturated carbocycles. The molecule has 1 N–H and O–H groups in total. The number of nitrogens with one attached hydrogen (secondary N) is 1. The summed E-state index contributed by atoms with van der Waals surface area (Å²) in [5, 5.41) is 3.48. The van der Waals surface area contributed by atoms with Gasteiger partial charge in [0.15, 0.2) is 0 Å². The molecular formula is C14H12Cl2N2O2. The number of carbonyl (C=O) groups is 1. The highest BCUT2D eigenvalue weighted by Crippen LogP contribution is 2.28. The summed E-state index contributed by atoms with van der Waals surface area (Å²) in [5.74, 6) is 0.231. The van der Waals surface area contributed by atoms with Gasteiger partial charge in [0.1, 0.15) is 5.75 Å². The van der Waals surface area contributed by atoms with E-state index in [1.807, 2.05) is 6.92 Å². The van der Waals surface area contributed by atoms with E-state index in [2.05, 4.69) is 10.3 Å². The number of hydrogen-bond acceptors (Lipinski definition) is 3. The molecule has 0 unspecified atom stereocenters. The first-order valence-electron chi connectivity index (χ1n) is 5.95. The summed E-state index contributed by atoms with van der Waals surface area (Å²) >= 11 is 12.0. The van der Waals surface area contributed by atoms with Crippen LogP contribution in [0.25, 0.3) is 0 Å². The lowest BCUT2D eigenvalue weighted by Crippen LogP contribution is -2.12. The van der Waals surface area contributed by atoms with E-state index in [0.29, 0.717) is 33.7 Å². The van der Waals surface area contributed by atoms with Gasteiger partial charge in [-0.05, 0) is 31.2 Å². The van der Waals surface area contributed by atoms with Crippen LogP contribution < -0.4 is 10.1 Å². The molecule has 0 aliphatic carbocycles. The topological polar surface area (TPSA) is 51.2 Å². The number of ether oxygens (including phenoxy) is 1. The third-order valence-electron chi connectivity index (χ3n) is 2.50. The molecule has 1 aromatic carbocycles. The maximum absolute atomic E-state index is 12.0. The molecular weight excluding hydrogens is 299 g/mol. The number of halogens is 2. The number of benzene rings is 1. The monoisotopic (exact) mass is 310 g/mol. The molecule has 0 bridgehead atoms. The van der Waals surface area contributed by atoms with Crippen molar-refractivity contribution in [3.8, 4) is 5.75 Å². The molecule has 0 spiro atoms. The molecule has 104 valence electrons. The lowest BCUT2D eigenvalue weighted by molar-refractivity contribution is 0.102. The molecule has 0 saturated heterocycles. The van der Waals surface area contributed by atoms with E-state index in [9.17, 15) is 4.79 Å². The minimum Gasteiger partial charge on any atom is -0.492 e. The first kappa shape index (κ1) is 14.6. The van der Waals surface area contributed by atoms with Crippen molar-refractivity contribution in [3.05, 3.63) is 52.3 Å². The van der Waals surface area contributed by atoms with Crippen LogP contribution in [0.3, 0.4) is 0 Å². The van der Waals surface area contributed by atoms with Crippen LogP contribution in [0, 0.1) is 0 Å². The molecule has 0 radical (unpaired) electrons. The Hall–Kier alpha value is -1.78. The number of nitrogens with zero attached hydrogens (tertiary/aromatic N) is 1. The number of aromatic nitrogens is 1. The maximum Gasteiger partial charge on any atom is 0.258 e. The average molecular weight is 311 g/mol. The van der Waals surface area contributed by atoms with E-state index < -0.39 is 0 Å². The first-order valence-corrected chi connectivity index (χ1v) is 6.70. The molecule has 0 atom stereocenters. The largest absolute Gasteiger partial charge is 0.492 e. The number of rotatable bonds is 4. The van der Waals surface area contributed by atoms with Crippen LogP contribution in [-0.4, -0.2) is 17.5 Å². The molecule has 1 aromatic heterocycles. The minimum absolute atomic E-state index is 0.305.